The van der Waals surface area contributed by atoms with Crippen LogP contribution in [0, 0.1) is 11.6 Å². The van der Waals surface area contributed by atoms with Crippen LogP contribution in [0.4, 0.5) is 14.5 Å². The third-order valence-electron chi connectivity index (χ3n) is 4.22. The van der Waals surface area contributed by atoms with Crippen molar-refractivity contribution < 1.29 is 22.0 Å². The summed E-state index contributed by atoms with van der Waals surface area (Å²) in [5.41, 5.74) is 0.161. The molecule has 1 atom stereocenters. The maximum atomic E-state index is 14.0. The predicted octanol–water partition coefficient (Wildman–Crippen LogP) is 3.46. The number of aromatic nitrogens is 1. The minimum absolute atomic E-state index is 0. The van der Waals surface area contributed by atoms with Crippen LogP contribution in [0.15, 0.2) is 23.2 Å². The van der Waals surface area contributed by atoms with Crippen molar-refractivity contribution >= 4 is 33.2 Å². The highest BCUT2D eigenvalue weighted by Crippen LogP contribution is 2.29. The normalized spacial score (nSPS) is 18.2. The van der Waals surface area contributed by atoms with E-state index in [9.17, 15) is 22.0 Å². The maximum absolute atomic E-state index is 14.0. The van der Waals surface area contributed by atoms with Crippen LogP contribution in [0.5, 0.6) is 0 Å². The number of fused-ring (bicyclic) bond motifs is 1. The van der Waals surface area contributed by atoms with Gasteiger partial charge < -0.3 is 9.88 Å². The number of nitrogens with one attached hydrogen (secondary N) is 2. The quantitative estimate of drug-likeness (QED) is 0.731. The molecule has 27 heavy (non-hydrogen) atoms. The van der Waals surface area contributed by atoms with E-state index in [0.29, 0.717) is 18.4 Å². The first kappa shape index (κ1) is 21.3. The van der Waals surface area contributed by atoms with Gasteiger partial charge in [-0.2, -0.15) is 0 Å². The molecule has 10 heteroatoms. The summed E-state index contributed by atoms with van der Waals surface area (Å²) < 4.78 is 56.0. The Morgan fingerprint density at radius 2 is 2.04 bits per heavy atom. The molecule has 2 N–H and O–H groups in total. The molecule has 0 bridgehead atoms. The number of rotatable bonds is 2. The molecular formula is C17H20ClF2N3O3S. The molecule has 0 saturated heterocycles. The van der Waals surface area contributed by atoms with E-state index >= 15 is 0 Å². The number of nitrogens with zero attached hydrogens (tertiary/aromatic N) is 1. The largest absolute Gasteiger partial charge is 0.345 e. The number of amides is 1. The van der Waals surface area contributed by atoms with Gasteiger partial charge in [0.2, 0.25) is 10.0 Å². The summed E-state index contributed by atoms with van der Waals surface area (Å²) in [5, 5.41) is 1.60. The molecule has 1 aliphatic rings. The van der Waals surface area contributed by atoms with Crippen molar-refractivity contribution in [2.75, 3.05) is 5.32 Å². The Morgan fingerprint density at radius 3 is 2.70 bits per heavy atom. The average Bonchev–Trinajstić information content (AvgIpc) is 2.85. The van der Waals surface area contributed by atoms with Gasteiger partial charge in [0.25, 0.3) is 5.91 Å². The topological polar surface area (TPSA) is 80.2 Å². The number of halogens is 3. The fourth-order valence-electron chi connectivity index (χ4n) is 2.97. The zero-order valence-electron chi connectivity index (χ0n) is 13.9. The number of benzene rings is 1. The van der Waals surface area contributed by atoms with Crippen molar-refractivity contribution in [2.24, 2.45) is 7.05 Å². The Labute approximate surface area is 161 Å². The molecular weight excluding hydrogens is 400 g/mol. The van der Waals surface area contributed by atoms with Gasteiger partial charge >= 0.3 is 0 Å². The molecule has 0 radical (unpaired) electrons. The van der Waals surface area contributed by atoms with E-state index in [1.165, 1.54) is 17.8 Å². The van der Waals surface area contributed by atoms with Crippen LogP contribution in [0.2, 0.25) is 5.02 Å². The molecule has 0 aliphatic carbocycles. The van der Waals surface area contributed by atoms with E-state index in [-0.39, 0.29) is 29.7 Å². The molecule has 0 unspecified atom stereocenters. The third-order valence-corrected chi connectivity index (χ3v) is 6.21. The molecule has 0 fully saturated rings. The zero-order chi connectivity index (χ0) is 19.2. The molecule has 2 aromatic rings. The monoisotopic (exact) mass is 419 g/mol. The number of sulfonamides is 1. The van der Waals surface area contributed by atoms with Crippen molar-refractivity contribution in [2.45, 2.75) is 38.1 Å². The van der Waals surface area contributed by atoms with Crippen LogP contribution in [-0.2, 0) is 23.5 Å². The lowest BCUT2D eigenvalue weighted by Gasteiger charge is -2.11. The summed E-state index contributed by atoms with van der Waals surface area (Å²) >= 11 is 5.52. The van der Waals surface area contributed by atoms with Gasteiger partial charge in [0.1, 0.15) is 21.4 Å². The third kappa shape index (κ3) is 3.85. The summed E-state index contributed by atoms with van der Waals surface area (Å²) in [4.78, 5) is 12.7. The van der Waals surface area contributed by atoms with E-state index in [0.717, 1.165) is 12.1 Å². The van der Waals surface area contributed by atoms with Crippen molar-refractivity contribution in [3.05, 3.63) is 46.2 Å². The number of anilines is 1. The van der Waals surface area contributed by atoms with Gasteiger partial charge in [-0.25, -0.2) is 21.9 Å². The van der Waals surface area contributed by atoms with Crippen LogP contribution >= 0.6 is 11.6 Å². The first-order chi connectivity index (χ1) is 12.1. The molecule has 3 rings (SSSR count). The van der Waals surface area contributed by atoms with Crippen LogP contribution in [0.3, 0.4) is 0 Å². The summed E-state index contributed by atoms with van der Waals surface area (Å²) in [5.74, 6) is -2.75. The molecule has 2 heterocycles. The van der Waals surface area contributed by atoms with Crippen LogP contribution in [0.1, 0.15) is 36.8 Å². The number of carbonyl (C=O) groups excluding carboxylic acids is 1. The number of carbonyl (C=O) groups is 1. The van der Waals surface area contributed by atoms with E-state index in [1.54, 1.807) is 6.92 Å². The van der Waals surface area contributed by atoms with Gasteiger partial charge in [-0.3, -0.25) is 4.79 Å². The molecule has 1 amide bonds. The smallest absolute Gasteiger partial charge is 0.272 e. The van der Waals surface area contributed by atoms with Gasteiger partial charge in [-0.05, 0) is 31.9 Å². The van der Waals surface area contributed by atoms with E-state index < -0.39 is 32.6 Å². The zero-order valence-corrected chi connectivity index (χ0v) is 15.5. The first-order valence-electron chi connectivity index (χ1n) is 7.77. The molecule has 1 aromatic carbocycles. The minimum atomic E-state index is -3.75. The lowest BCUT2D eigenvalue weighted by Crippen LogP contribution is -2.30. The van der Waals surface area contributed by atoms with Crippen molar-refractivity contribution in [1.82, 2.24) is 9.29 Å². The Hall–Kier alpha value is -1.97. The number of hydrogen-bond acceptors (Lipinski definition) is 3. The van der Waals surface area contributed by atoms with Gasteiger partial charge in [0, 0.05) is 24.8 Å². The maximum Gasteiger partial charge on any atom is 0.272 e. The first-order valence-corrected chi connectivity index (χ1v) is 9.63. The Kier molecular flexibility index (Phi) is 5.98. The second-order valence-electron chi connectivity index (χ2n) is 6.17. The lowest BCUT2D eigenvalue weighted by atomic mass is 10.1. The lowest BCUT2D eigenvalue weighted by molar-refractivity contribution is 0.101. The minimum Gasteiger partial charge on any atom is -0.345 e. The Balaban J connectivity index is 0.00000261. The second-order valence-corrected chi connectivity index (χ2v) is 8.23. The number of hydrogen-bond donors (Lipinski definition) is 2. The molecule has 0 saturated carbocycles. The highest BCUT2D eigenvalue weighted by molar-refractivity contribution is 7.89. The SMILES string of the molecule is C.C[C@H]1CCc2c(cn(C)c2C(=O)Nc2ccc(F)c(Cl)c2F)S(=O)(=O)N1. The fourth-order valence-corrected chi connectivity index (χ4v) is 4.73. The highest BCUT2D eigenvalue weighted by Gasteiger charge is 2.31. The average molecular weight is 420 g/mol. The summed E-state index contributed by atoms with van der Waals surface area (Å²) in [6, 6.07) is 1.71. The van der Waals surface area contributed by atoms with E-state index in [2.05, 4.69) is 10.0 Å². The van der Waals surface area contributed by atoms with Gasteiger partial charge in [-0.15, -0.1) is 0 Å². The van der Waals surface area contributed by atoms with Gasteiger partial charge in [0.05, 0.1) is 5.69 Å². The Morgan fingerprint density at radius 1 is 1.37 bits per heavy atom. The number of aryl methyl sites for hydroxylation is 1. The van der Waals surface area contributed by atoms with E-state index in [1.807, 2.05) is 0 Å². The second kappa shape index (κ2) is 7.57. The van der Waals surface area contributed by atoms with Crippen LogP contribution < -0.4 is 10.0 Å². The summed E-state index contributed by atoms with van der Waals surface area (Å²) in [6.45, 7) is 1.74. The highest BCUT2D eigenvalue weighted by atomic mass is 35.5. The predicted molar refractivity (Wildman–Crippen MR) is 99.6 cm³/mol. The standard InChI is InChI=1S/C16H16ClF2N3O3S.CH4/c1-8-3-4-9-12(26(24,25)21-8)7-22(2)15(9)16(23)20-11-6-5-10(18)13(17)14(11)19;/h5-8,21H,3-4H2,1-2H3,(H,20,23);1H4/t8-;/m0./s1. The van der Waals surface area contributed by atoms with Crippen molar-refractivity contribution in [1.29, 1.82) is 0 Å². The molecule has 1 aromatic heterocycles. The molecule has 0 spiro atoms. The van der Waals surface area contributed by atoms with E-state index in [4.69, 9.17) is 11.6 Å². The van der Waals surface area contributed by atoms with Crippen LogP contribution in [0.25, 0.3) is 0 Å². The van der Waals surface area contributed by atoms with Crippen molar-refractivity contribution in [3.8, 4) is 0 Å². The Bertz CT molecular complexity index is 1010. The molecule has 6 nitrogen and oxygen atoms in total. The van der Waals surface area contributed by atoms with Gasteiger partial charge in [0.15, 0.2) is 5.82 Å². The molecule has 148 valence electrons. The molecule has 1 aliphatic heterocycles. The van der Waals surface area contributed by atoms with Crippen LogP contribution in [-0.4, -0.2) is 24.9 Å². The fraction of sp³-hybridized carbons (Fsp3) is 0.353. The van der Waals surface area contributed by atoms with Crippen molar-refractivity contribution in [3.63, 3.8) is 0 Å². The summed E-state index contributed by atoms with van der Waals surface area (Å²) in [6.07, 6.45) is 2.21. The van der Waals surface area contributed by atoms with Gasteiger partial charge in [-0.1, -0.05) is 19.0 Å². The summed E-state index contributed by atoms with van der Waals surface area (Å²) in [7, 11) is -2.23.